The Morgan fingerprint density at radius 3 is 2.36 bits per heavy atom. The molecule has 0 fully saturated rings. The maximum absolute atomic E-state index is 11.8. The predicted octanol–water partition coefficient (Wildman–Crippen LogP) is 1.52. The average molecular weight is 342 g/mol. The number of hydrogen-bond donors (Lipinski definition) is 2. The van der Waals surface area contributed by atoms with E-state index < -0.39 is 24.4 Å². The minimum Gasteiger partial charge on any atom is -0.496 e. The highest BCUT2D eigenvalue weighted by molar-refractivity contribution is 5.95. The molecule has 2 amide bonds. The van der Waals surface area contributed by atoms with Gasteiger partial charge in [-0.25, -0.2) is 0 Å². The number of ether oxygens (including phenoxy) is 2. The summed E-state index contributed by atoms with van der Waals surface area (Å²) in [6, 6.07) is 13.1. The molecule has 7 heteroatoms. The second-order valence-corrected chi connectivity index (χ2v) is 5.14. The van der Waals surface area contributed by atoms with Crippen molar-refractivity contribution in [2.75, 3.05) is 19.0 Å². The van der Waals surface area contributed by atoms with Crippen molar-refractivity contribution in [2.45, 2.75) is 6.42 Å². The van der Waals surface area contributed by atoms with Crippen LogP contribution in [0.3, 0.4) is 0 Å². The zero-order valence-electron chi connectivity index (χ0n) is 13.7. The minimum atomic E-state index is -0.553. The third kappa shape index (κ3) is 5.35. The van der Waals surface area contributed by atoms with Gasteiger partial charge >= 0.3 is 5.97 Å². The Hall–Kier alpha value is -3.35. The van der Waals surface area contributed by atoms with Crippen LogP contribution in [0.15, 0.2) is 48.5 Å². The van der Waals surface area contributed by atoms with Gasteiger partial charge in [0.1, 0.15) is 5.75 Å². The van der Waals surface area contributed by atoms with Crippen molar-refractivity contribution < 1.29 is 23.9 Å². The maximum Gasteiger partial charge on any atom is 0.310 e. The molecule has 0 aromatic heterocycles. The zero-order valence-corrected chi connectivity index (χ0v) is 13.7. The Labute approximate surface area is 144 Å². The molecule has 0 bridgehead atoms. The second-order valence-electron chi connectivity index (χ2n) is 5.14. The summed E-state index contributed by atoms with van der Waals surface area (Å²) in [5, 5.41) is 2.56. The monoisotopic (exact) mass is 342 g/mol. The molecular weight excluding hydrogens is 324 g/mol. The van der Waals surface area contributed by atoms with E-state index in [0.717, 1.165) is 0 Å². The number of carbonyl (C=O) groups excluding carboxylic acids is 3. The minimum absolute atomic E-state index is 0.00457. The fourth-order valence-electron chi connectivity index (χ4n) is 2.12. The normalized spacial score (nSPS) is 9.96. The van der Waals surface area contributed by atoms with Crippen LogP contribution in [0.5, 0.6) is 5.75 Å². The molecule has 2 aromatic carbocycles. The van der Waals surface area contributed by atoms with Gasteiger partial charge < -0.3 is 20.5 Å². The van der Waals surface area contributed by atoms with Gasteiger partial charge in [-0.15, -0.1) is 0 Å². The summed E-state index contributed by atoms with van der Waals surface area (Å²) in [4.78, 5) is 34.6. The van der Waals surface area contributed by atoms with E-state index in [4.69, 9.17) is 15.2 Å². The van der Waals surface area contributed by atoms with E-state index in [1.165, 1.54) is 31.4 Å². The summed E-state index contributed by atoms with van der Waals surface area (Å²) in [7, 11) is 1.51. The molecule has 7 nitrogen and oxygen atoms in total. The van der Waals surface area contributed by atoms with Crippen molar-refractivity contribution >= 4 is 23.5 Å². The Bertz CT molecular complexity index is 771. The maximum atomic E-state index is 11.8. The smallest absolute Gasteiger partial charge is 0.310 e. The van der Waals surface area contributed by atoms with Crippen molar-refractivity contribution in [3.8, 4) is 5.75 Å². The molecule has 2 rings (SSSR count). The third-order valence-electron chi connectivity index (χ3n) is 3.34. The Morgan fingerprint density at radius 1 is 1.04 bits per heavy atom. The molecule has 0 atom stereocenters. The van der Waals surface area contributed by atoms with Crippen molar-refractivity contribution in [1.82, 2.24) is 0 Å². The lowest BCUT2D eigenvalue weighted by Gasteiger charge is -2.09. The summed E-state index contributed by atoms with van der Waals surface area (Å²) in [5.41, 5.74) is 6.62. The lowest BCUT2D eigenvalue weighted by molar-refractivity contribution is -0.146. The van der Waals surface area contributed by atoms with E-state index in [1.54, 1.807) is 24.3 Å². The molecule has 3 N–H and O–H groups in total. The van der Waals surface area contributed by atoms with Gasteiger partial charge in [0.05, 0.1) is 13.5 Å². The molecule has 0 saturated heterocycles. The van der Waals surface area contributed by atoms with Crippen molar-refractivity contribution in [1.29, 1.82) is 0 Å². The van der Waals surface area contributed by atoms with Gasteiger partial charge in [-0.3, -0.25) is 14.4 Å². The van der Waals surface area contributed by atoms with E-state index in [9.17, 15) is 14.4 Å². The number of para-hydroxylation sites is 1. The number of nitrogens with one attached hydrogen (secondary N) is 1. The van der Waals surface area contributed by atoms with Crippen molar-refractivity contribution in [3.05, 3.63) is 59.7 Å². The molecule has 0 aliphatic heterocycles. The number of nitrogens with two attached hydrogens (primary N) is 1. The molecule has 0 aliphatic rings. The van der Waals surface area contributed by atoms with Gasteiger partial charge in [-0.05, 0) is 30.3 Å². The number of rotatable bonds is 7. The van der Waals surface area contributed by atoms with Crippen LogP contribution in [0.25, 0.3) is 0 Å². The molecule has 2 aromatic rings. The van der Waals surface area contributed by atoms with Gasteiger partial charge in [0.2, 0.25) is 5.91 Å². The first-order valence-corrected chi connectivity index (χ1v) is 7.47. The van der Waals surface area contributed by atoms with Crippen LogP contribution in [0.1, 0.15) is 15.9 Å². The largest absolute Gasteiger partial charge is 0.496 e. The molecule has 0 radical (unpaired) electrons. The van der Waals surface area contributed by atoms with E-state index in [0.29, 0.717) is 22.6 Å². The van der Waals surface area contributed by atoms with Crippen LogP contribution in [0.2, 0.25) is 0 Å². The Balaban J connectivity index is 1.83. The van der Waals surface area contributed by atoms with Crippen molar-refractivity contribution in [3.63, 3.8) is 0 Å². The van der Waals surface area contributed by atoms with Crippen LogP contribution in [-0.2, 0) is 20.7 Å². The van der Waals surface area contributed by atoms with Crippen LogP contribution in [0.4, 0.5) is 5.69 Å². The molecule has 0 unspecified atom stereocenters. The summed E-state index contributed by atoms with van der Waals surface area (Å²) < 4.78 is 10.1. The SMILES string of the molecule is COc1ccccc1CC(=O)OCC(=O)Nc1ccc(C(N)=O)cc1. The van der Waals surface area contributed by atoms with Crippen LogP contribution >= 0.6 is 0 Å². The molecule has 0 saturated carbocycles. The molecule has 0 heterocycles. The van der Waals surface area contributed by atoms with E-state index in [-0.39, 0.29) is 6.42 Å². The molecule has 0 spiro atoms. The molecule has 130 valence electrons. The van der Waals surface area contributed by atoms with Crippen molar-refractivity contribution in [2.24, 2.45) is 5.73 Å². The lowest BCUT2D eigenvalue weighted by Crippen LogP contribution is -2.21. The lowest BCUT2D eigenvalue weighted by atomic mass is 10.1. The standard InChI is InChI=1S/C18H18N2O5/c1-24-15-5-3-2-4-13(15)10-17(22)25-11-16(21)20-14-8-6-12(7-9-14)18(19)23/h2-9H,10-11H2,1H3,(H2,19,23)(H,20,21). The van der Waals surface area contributed by atoms with Crippen LogP contribution in [-0.4, -0.2) is 31.5 Å². The van der Waals surface area contributed by atoms with Gasteiger partial charge in [0.15, 0.2) is 6.61 Å². The summed E-state index contributed by atoms with van der Waals surface area (Å²) in [6.07, 6.45) is 0.00457. The number of hydrogen-bond acceptors (Lipinski definition) is 5. The summed E-state index contributed by atoms with van der Waals surface area (Å²) in [5.74, 6) is -0.995. The fraction of sp³-hybridized carbons (Fsp3) is 0.167. The highest BCUT2D eigenvalue weighted by Gasteiger charge is 2.12. The highest BCUT2D eigenvalue weighted by Crippen LogP contribution is 2.18. The third-order valence-corrected chi connectivity index (χ3v) is 3.34. The quantitative estimate of drug-likeness (QED) is 0.742. The number of esters is 1. The van der Waals surface area contributed by atoms with Crippen LogP contribution < -0.4 is 15.8 Å². The number of carbonyl (C=O) groups is 3. The van der Waals surface area contributed by atoms with E-state index >= 15 is 0 Å². The first-order chi connectivity index (χ1) is 12.0. The first-order valence-electron chi connectivity index (χ1n) is 7.47. The molecule has 25 heavy (non-hydrogen) atoms. The second kappa shape index (κ2) is 8.49. The van der Waals surface area contributed by atoms with Crippen LogP contribution in [0, 0.1) is 0 Å². The van der Waals surface area contributed by atoms with Gasteiger partial charge in [0.25, 0.3) is 5.91 Å². The number of methoxy groups -OCH3 is 1. The first kappa shape index (κ1) is 18.0. The van der Waals surface area contributed by atoms with Gasteiger partial charge in [0, 0.05) is 16.8 Å². The number of benzene rings is 2. The number of primary amides is 1. The molecular formula is C18H18N2O5. The zero-order chi connectivity index (χ0) is 18.2. The summed E-state index contributed by atoms with van der Waals surface area (Å²) >= 11 is 0. The van der Waals surface area contributed by atoms with E-state index in [1.807, 2.05) is 0 Å². The fourth-order valence-corrected chi connectivity index (χ4v) is 2.12. The number of anilines is 1. The average Bonchev–Trinajstić information content (AvgIpc) is 2.61. The predicted molar refractivity (Wildman–Crippen MR) is 91.2 cm³/mol. The number of amides is 2. The summed E-state index contributed by atoms with van der Waals surface area (Å²) in [6.45, 7) is -0.411. The highest BCUT2D eigenvalue weighted by atomic mass is 16.5. The topological polar surface area (TPSA) is 108 Å². The van der Waals surface area contributed by atoms with Gasteiger partial charge in [-0.1, -0.05) is 18.2 Å². The van der Waals surface area contributed by atoms with Gasteiger partial charge in [-0.2, -0.15) is 0 Å². The van der Waals surface area contributed by atoms with E-state index in [2.05, 4.69) is 5.32 Å². The Kier molecular flexibility index (Phi) is 6.11. The molecule has 0 aliphatic carbocycles. The Morgan fingerprint density at radius 2 is 1.72 bits per heavy atom.